The fourth-order valence-corrected chi connectivity index (χ4v) is 1.70. The number of hydrogen-bond acceptors (Lipinski definition) is 2. The van der Waals surface area contributed by atoms with Crippen LogP contribution in [0.5, 0.6) is 0 Å². The Kier molecular flexibility index (Phi) is 1.83. The lowest BCUT2D eigenvalue weighted by atomic mass is 10.1. The van der Waals surface area contributed by atoms with Crippen LogP contribution >= 0.6 is 11.6 Å². The van der Waals surface area contributed by atoms with Gasteiger partial charge < -0.3 is 4.57 Å². The van der Waals surface area contributed by atoms with Crippen LogP contribution in [0.25, 0.3) is 0 Å². The van der Waals surface area contributed by atoms with E-state index in [-0.39, 0.29) is 0 Å². The number of hydrogen-bond donors (Lipinski definition) is 0. The van der Waals surface area contributed by atoms with E-state index < -0.39 is 0 Å². The van der Waals surface area contributed by atoms with Crippen molar-refractivity contribution >= 4 is 11.6 Å². The van der Waals surface area contributed by atoms with Gasteiger partial charge in [-0.2, -0.15) is 0 Å². The maximum Gasteiger partial charge on any atom is 0.133 e. The molecule has 2 rings (SSSR count). The molecule has 1 heterocycles. The second-order valence-corrected chi connectivity index (χ2v) is 3.94. The van der Waals surface area contributed by atoms with Crippen LogP contribution in [0.2, 0.25) is 0 Å². The predicted molar refractivity (Wildman–Crippen MR) is 47.1 cm³/mol. The van der Waals surface area contributed by atoms with Gasteiger partial charge in [0.25, 0.3) is 0 Å². The lowest BCUT2D eigenvalue weighted by Gasteiger charge is -2.08. The van der Waals surface area contributed by atoms with E-state index in [4.69, 9.17) is 11.6 Å². The van der Waals surface area contributed by atoms with E-state index in [0.29, 0.717) is 5.41 Å². The minimum atomic E-state index is 0.350. The van der Waals surface area contributed by atoms with Gasteiger partial charge in [0.2, 0.25) is 0 Å². The van der Waals surface area contributed by atoms with Crippen molar-refractivity contribution < 1.29 is 0 Å². The first-order chi connectivity index (χ1) is 5.76. The van der Waals surface area contributed by atoms with E-state index in [1.54, 1.807) is 6.33 Å². The van der Waals surface area contributed by atoms with Crippen molar-refractivity contribution in [2.24, 2.45) is 12.5 Å². The zero-order valence-electron chi connectivity index (χ0n) is 7.13. The summed E-state index contributed by atoms with van der Waals surface area (Å²) >= 11 is 5.87. The quantitative estimate of drug-likeness (QED) is 0.667. The first kappa shape index (κ1) is 8.05. The molecule has 1 aliphatic carbocycles. The molecule has 0 radical (unpaired) electrons. The van der Waals surface area contributed by atoms with Crippen molar-refractivity contribution in [2.45, 2.75) is 19.3 Å². The Morgan fingerprint density at radius 2 is 2.42 bits per heavy atom. The Morgan fingerprint density at radius 3 is 2.83 bits per heavy atom. The van der Waals surface area contributed by atoms with Gasteiger partial charge in [0.05, 0.1) is 0 Å². The third-order valence-corrected chi connectivity index (χ3v) is 3.15. The molecule has 0 aromatic carbocycles. The average molecular weight is 186 g/mol. The highest BCUT2D eigenvalue weighted by Crippen LogP contribution is 2.48. The van der Waals surface area contributed by atoms with E-state index >= 15 is 0 Å². The number of aryl methyl sites for hydroxylation is 1. The van der Waals surface area contributed by atoms with E-state index in [1.807, 2.05) is 11.6 Å². The molecule has 0 aliphatic heterocycles. The van der Waals surface area contributed by atoms with Crippen molar-refractivity contribution in [1.29, 1.82) is 0 Å². The van der Waals surface area contributed by atoms with Gasteiger partial charge in [-0.25, -0.2) is 0 Å². The minimum Gasteiger partial charge on any atom is -0.321 e. The lowest BCUT2D eigenvalue weighted by molar-refractivity contribution is 0.543. The molecule has 0 atom stereocenters. The summed E-state index contributed by atoms with van der Waals surface area (Å²) in [6, 6.07) is 0. The fourth-order valence-electron chi connectivity index (χ4n) is 1.34. The largest absolute Gasteiger partial charge is 0.321 e. The number of rotatable bonds is 3. The Morgan fingerprint density at radius 1 is 1.67 bits per heavy atom. The van der Waals surface area contributed by atoms with Crippen LogP contribution in [-0.4, -0.2) is 20.6 Å². The van der Waals surface area contributed by atoms with Gasteiger partial charge in [0, 0.05) is 19.3 Å². The molecule has 4 heteroatoms. The van der Waals surface area contributed by atoms with Crippen molar-refractivity contribution in [1.82, 2.24) is 14.8 Å². The summed E-state index contributed by atoms with van der Waals surface area (Å²) in [7, 11) is 1.97. The molecule has 1 saturated carbocycles. The van der Waals surface area contributed by atoms with Crippen molar-refractivity contribution in [2.75, 3.05) is 5.88 Å². The normalized spacial score (nSPS) is 19.5. The topological polar surface area (TPSA) is 30.7 Å². The highest BCUT2D eigenvalue weighted by molar-refractivity contribution is 6.18. The Hall–Kier alpha value is -0.570. The third-order valence-electron chi connectivity index (χ3n) is 2.58. The first-order valence-electron chi connectivity index (χ1n) is 4.15. The number of halogens is 1. The summed E-state index contributed by atoms with van der Waals surface area (Å²) in [5, 5.41) is 7.88. The molecule has 0 unspecified atom stereocenters. The summed E-state index contributed by atoms with van der Waals surface area (Å²) < 4.78 is 1.96. The molecule has 1 fully saturated rings. The van der Waals surface area contributed by atoms with Gasteiger partial charge in [-0.3, -0.25) is 0 Å². The van der Waals surface area contributed by atoms with Crippen LogP contribution in [-0.2, 0) is 13.5 Å². The van der Waals surface area contributed by atoms with Gasteiger partial charge in [0.15, 0.2) is 0 Å². The third kappa shape index (κ3) is 1.33. The second kappa shape index (κ2) is 2.73. The zero-order chi connectivity index (χ0) is 8.60. The summed E-state index contributed by atoms with van der Waals surface area (Å²) in [4.78, 5) is 0. The monoisotopic (exact) mass is 185 g/mol. The van der Waals surface area contributed by atoms with Gasteiger partial charge >= 0.3 is 0 Å². The van der Waals surface area contributed by atoms with Gasteiger partial charge in [0.1, 0.15) is 12.2 Å². The molecule has 0 amide bonds. The second-order valence-electron chi connectivity index (χ2n) is 3.67. The number of aromatic nitrogens is 3. The van der Waals surface area contributed by atoms with E-state index in [1.165, 1.54) is 12.8 Å². The molecule has 1 aliphatic rings. The van der Waals surface area contributed by atoms with Gasteiger partial charge in [-0.1, -0.05) is 0 Å². The van der Waals surface area contributed by atoms with Crippen molar-refractivity contribution in [3.63, 3.8) is 0 Å². The smallest absolute Gasteiger partial charge is 0.133 e. The number of nitrogens with zero attached hydrogens (tertiary/aromatic N) is 3. The summed E-state index contributed by atoms with van der Waals surface area (Å²) in [6.07, 6.45) is 5.19. The van der Waals surface area contributed by atoms with Crippen LogP contribution in [0.1, 0.15) is 18.7 Å². The van der Waals surface area contributed by atoms with E-state index in [2.05, 4.69) is 10.2 Å². The first-order valence-corrected chi connectivity index (χ1v) is 4.68. The van der Waals surface area contributed by atoms with Crippen LogP contribution in [0, 0.1) is 5.41 Å². The molecule has 0 saturated heterocycles. The molecule has 1 aromatic rings. The summed E-state index contributed by atoms with van der Waals surface area (Å²) in [5.41, 5.74) is 0.350. The van der Waals surface area contributed by atoms with Crippen LogP contribution in [0.3, 0.4) is 0 Å². The summed E-state index contributed by atoms with van der Waals surface area (Å²) in [6.45, 7) is 0. The van der Waals surface area contributed by atoms with Gasteiger partial charge in [-0.05, 0) is 18.3 Å². The van der Waals surface area contributed by atoms with Crippen LogP contribution in [0.4, 0.5) is 0 Å². The van der Waals surface area contributed by atoms with E-state index in [9.17, 15) is 0 Å². The standard InChI is InChI=1S/C8H12ClN3/c1-12-6-10-11-7(12)4-8(5-9)2-3-8/h6H,2-5H2,1H3. The maximum absolute atomic E-state index is 5.87. The molecule has 0 N–H and O–H groups in total. The fraction of sp³-hybridized carbons (Fsp3) is 0.750. The van der Waals surface area contributed by atoms with Crippen LogP contribution in [0.15, 0.2) is 6.33 Å². The van der Waals surface area contributed by atoms with Gasteiger partial charge in [-0.15, -0.1) is 21.8 Å². The maximum atomic E-state index is 5.87. The molecule has 3 nitrogen and oxygen atoms in total. The molecule has 12 heavy (non-hydrogen) atoms. The minimum absolute atomic E-state index is 0.350. The molecule has 0 spiro atoms. The summed E-state index contributed by atoms with van der Waals surface area (Å²) in [5.74, 6) is 1.80. The van der Waals surface area contributed by atoms with Crippen molar-refractivity contribution in [3.05, 3.63) is 12.2 Å². The van der Waals surface area contributed by atoms with Crippen LogP contribution < -0.4 is 0 Å². The highest BCUT2D eigenvalue weighted by Gasteiger charge is 2.42. The predicted octanol–water partition coefficient (Wildman–Crippen LogP) is 1.38. The Labute approximate surface area is 76.7 Å². The molecule has 1 aromatic heterocycles. The average Bonchev–Trinajstić information content (AvgIpc) is 2.74. The Bertz CT molecular complexity index is 278. The number of alkyl halides is 1. The molecule has 66 valence electrons. The molecular formula is C8H12ClN3. The van der Waals surface area contributed by atoms with E-state index in [0.717, 1.165) is 18.1 Å². The highest BCUT2D eigenvalue weighted by atomic mass is 35.5. The molecular weight excluding hydrogens is 174 g/mol. The van der Waals surface area contributed by atoms with Crippen molar-refractivity contribution in [3.8, 4) is 0 Å². The Balaban J connectivity index is 2.08. The SMILES string of the molecule is Cn1cnnc1CC1(CCl)CC1. The zero-order valence-corrected chi connectivity index (χ0v) is 7.88. The molecule has 0 bridgehead atoms. The lowest BCUT2D eigenvalue weighted by Crippen LogP contribution is -2.10.